The molecular formula is C31H49N2O6P. The number of phenolic OH excluding ortho intramolecular Hbond substituents is 1. The fourth-order valence-corrected chi connectivity index (χ4v) is 5.70. The highest BCUT2D eigenvalue weighted by Crippen LogP contribution is 2.32. The number of hydrogen-bond acceptors (Lipinski definition) is 8. The van der Waals surface area contributed by atoms with Crippen molar-refractivity contribution in [3.05, 3.63) is 58.1 Å². The number of nitrogens with one attached hydrogen (secondary N) is 2. The Kier molecular flexibility index (Phi) is 15.8. The second-order valence-electron chi connectivity index (χ2n) is 9.67. The first-order valence-corrected chi connectivity index (χ1v) is 15.7. The van der Waals surface area contributed by atoms with Crippen LogP contribution in [0.5, 0.6) is 11.5 Å². The number of rotatable bonds is 14. The van der Waals surface area contributed by atoms with E-state index in [-0.39, 0.29) is 24.2 Å². The molecule has 2 aromatic rings. The van der Waals surface area contributed by atoms with Gasteiger partial charge in [-0.2, -0.15) is 0 Å². The molecule has 2 rings (SSSR count). The molecule has 0 aliphatic heterocycles. The predicted octanol–water partition coefficient (Wildman–Crippen LogP) is 6.48. The first-order valence-electron chi connectivity index (χ1n) is 14.1. The summed E-state index contributed by atoms with van der Waals surface area (Å²) in [7, 11) is -1.28. The highest BCUT2D eigenvalue weighted by Gasteiger charge is 2.24. The van der Waals surface area contributed by atoms with Crippen molar-refractivity contribution in [1.29, 1.82) is 0 Å². The molecule has 0 saturated heterocycles. The third kappa shape index (κ3) is 11.1. The summed E-state index contributed by atoms with van der Waals surface area (Å²) < 4.78 is 16.4. The van der Waals surface area contributed by atoms with Crippen LogP contribution >= 0.6 is 8.22 Å². The molecule has 0 bridgehead atoms. The maximum atomic E-state index is 12.2. The molecule has 9 heteroatoms. The van der Waals surface area contributed by atoms with Gasteiger partial charge in [0.2, 0.25) is 0 Å². The molecule has 8 nitrogen and oxygen atoms in total. The Balaban J connectivity index is 0.00000391. The summed E-state index contributed by atoms with van der Waals surface area (Å²) in [5.74, 6) is 0.548. The quantitative estimate of drug-likeness (QED) is 0.173. The standard InChI is InChI=1S/C29H43N2O6P.C2H6/c1-9-35-28(33)21(7)30-38(31-22(8)29(34)36-10-2)17-37-24-13-19(5)26(20(6)14-24)16-23-11-12-27(32)25(15-23)18(3)4;1-2/h11-15,18,21-22,30-32H,9-10,16-17H2,1-8H3;1-2H3. The molecule has 0 fully saturated rings. The molecule has 0 heterocycles. The molecule has 0 aliphatic carbocycles. The van der Waals surface area contributed by atoms with Gasteiger partial charge in [-0.3, -0.25) is 19.8 Å². The molecule has 0 amide bonds. The van der Waals surface area contributed by atoms with Crippen molar-refractivity contribution >= 4 is 20.2 Å². The van der Waals surface area contributed by atoms with Crippen LogP contribution in [0, 0.1) is 13.8 Å². The molecule has 3 N–H and O–H groups in total. The largest absolute Gasteiger partial charge is 0.508 e. The van der Waals surface area contributed by atoms with E-state index in [1.54, 1.807) is 33.8 Å². The van der Waals surface area contributed by atoms with Crippen LogP contribution in [0.4, 0.5) is 0 Å². The molecule has 0 radical (unpaired) electrons. The summed E-state index contributed by atoms with van der Waals surface area (Å²) in [5, 5.41) is 16.6. The SMILES string of the molecule is CC.CCOC(=O)C(C)NP(COc1cc(C)c(Cc2ccc(O)c(C(C)C)c2)c(C)c1)NC(C)C(=O)OCC. The Morgan fingerprint density at radius 2 is 1.38 bits per heavy atom. The van der Waals surface area contributed by atoms with Gasteiger partial charge in [-0.1, -0.05) is 39.8 Å². The van der Waals surface area contributed by atoms with Crippen LogP contribution in [-0.4, -0.2) is 48.7 Å². The number of phenols is 1. The van der Waals surface area contributed by atoms with Crippen LogP contribution in [-0.2, 0) is 25.5 Å². The van der Waals surface area contributed by atoms with Crippen LogP contribution in [0.15, 0.2) is 30.3 Å². The van der Waals surface area contributed by atoms with Crippen LogP contribution in [0.2, 0.25) is 0 Å². The molecule has 0 aromatic heterocycles. The average molecular weight is 577 g/mol. The average Bonchev–Trinajstić information content (AvgIpc) is 2.91. The van der Waals surface area contributed by atoms with Gasteiger partial charge in [0, 0.05) is 0 Å². The molecule has 224 valence electrons. The van der Waals surface area contributed by atoms with Gasteiger partial charge < -0.3 is 19.3 Å². The second kappa shape index (κ2) is 17.9. The van der Waals surface area contributed by atoms with Gasteiger partial charge in [0.25, 0.3) is 0 Å². The van der Waals surface area contributed by atoms with E-state index in [1.807, 2.05) is 32.0 Å². The van der Waals surface area contributed by atoms with E-state index in [1.165, 1.54) is 5.56 Å². The van der Waals surface area contributed by atoms with Crippen molar-refractivity contribution in [2.75, 3.05) is 19.6 Å². The van der Waals surface area contributed by atoms with Crippen molar-refractivity contribution in [2.45, 2.75) is 93.7 Å². The molecular weight excluding hydrogens is 527 g/mol. The summed E-state index contributed by atoms with van der Waals surface area (Å²) in [6.45, 7) is 19.8. The number of esters is 2. The molecule has 2 atom stereocenters. The van der Waals surface area contributed by atoms with Gasteiger partial charge in [-0.05, 0) is 99.9 Å². The van der Waals surface area contributed by atoms with Crippen molar-refractivity contribution in [3.8, 4) is 11.5 Å². The van der Waals surface area contributed by atoms with Crippen molar-refractivity contribution in [2.24, 2.45) is 0 Å². The van der Waals surface area contributed by atoms with Crippen molar-refractivity contribution < 1.29 is 28.9 Å². The lowest BCUT2D eigenvalue weighted by Gasteiger charge is -2.26. The fourth-order valence-electron chi connectivity index (χ4n) is 4.05. The topological polar surface area (TPSA) is 106 Å². The Hall–Kier alpha value is -2.67. The molecule has 0 saturated carbocycles. The van der Waals surface area contributed by atoms with E-state index in [0.717, 1.165) is 28.7 Å². The maximum absolute atomic E-state index is 12.2. The number of ether oxygens (including phenoxy) is 3. The summed E-state index contributed by atoms with van der Waals surface area (Å²) in [4.78, 5) is 24.4. The number of carbonyl (C=O) groups excluding carboxylic acids is 2. The normalized spacial score (nSPS) is 13.1. The Morgan fingerprint density at radius 1 is 0.875 bits per heavy atom. The van der Waals surface area contributed by atoms with Crippen molar-refractivity contribution in [3.63, 3.8) is 0 Å². The zero-order valence-electron chi connectivity index (χ0n) is 25.9. The maximum Gasteiger partial charge on any atom is 0.323 e. The fraction of sp³-hybridized carbons (Fsp3) is 0.548. The van der Waals surface area contributed by atoms with E-state index in [2.05, 4.69) is 43.9 Å². The van der Waals surface area contributed by atoms with E-state index in [0.29, 0.717) is 24.7 Å². The molecule has 2 unspecified atom stereocenters. The minimum absolute atomic E-state index is 0.233. The Bertz CT molecular complexity index is 1040. The first-order chi connectivity index (χ1) is 19.0. The van der Waals surface area contributed by atoms with E-state index >= 15 is 0 Å². The smallest absolute Gasteiger partial charge is 0.323 e. The third-order valence-electron chi connectivity index (χ3n) is 6.10. The van der Waals surface area contributed by atoms with Gasteiger partial charge in [-0.15, -0.1) is 0 Å². The van der Waals surface area contributed by atoms with Gasteiger partial charge in [0.05, 0.1) is 21.4 Å². The lowest BCUT2D eigenvalue weighted by atomic mass is 9.93. The number of aryl methyl sites for hydroxylation is 2. The van der Waals surface area contributed by atoms with Gasteiger partial charge in [0.1, 0.15) is 29.9 Å². The van der Waals surface area contributed by atoms with E-state index in [4.69, 9.17) is 14.2 Å². The lowest BCUT2D eigenvalue weighted by Crippen LogP contribution is -2.41. The number of carbonyl (C=O) groups is 2. The van der Waals surface area contributed by atoms with Crippen molar-refractivity contribution in [1.82, 2.24) is 10.2 Å². The molecule has 0 spiro atoms. The Labute approximate surface area is 242 Å². The highest BCUT2D eigenvalue weighted by molar-refractivity contribution is 7.53. The van der Waals surface area contributed by atoms with Gasteiger partial charge in [-0.25, -0.2) is 0 Å². The molecule has 0 aliphatic rings. The molecule has 40 heavy (non-hydrogen) atoms. The van der Waals surface area contributed by atoms with Gasteiger partial charge in [0.15, 0.2) is 0 Å². The summed E-state index contributed by atoms with van der Waals surface area (Å²) in [5.41, 5.74) is 5.50. The van der Waals surface area contributed by atoms with E-state index < -0.39 is 20.3 Å². The number of aromatic hydroxyl groups is 1. The van der Waals surface area contributed by atoms with Gasteiger partial charge >= 0.3 is 11.9 Å². The number of benzene rings is 2. The van der Waals surface area contributed by atoms with Crippen LogP contribution < -0.4 is 14.9 Å². The lowest BCUT2D eigenvalue weighted by molar-refractivity contribution is -0.145. The summed E-state index contributed by atoms with van der Waals surface area (Å²) in [6, 6.07) is 8.67. The Morgan fingerprint density at radius 3 is 1.82 bits per heavy atom. The van der Waals surface area contributed by atoms with Crippen LogP contribution in [0.1, 0.15) is 89.1 Å². The summed E-state index contributed by atoms with van der Waals surface area (Å²) in [6.07, 6.45) is 0.985. The highest BCUT2D eigenvalue weighted by atomic mass is 31.1. The second-order valence-corrected chi connectivity index (χ2v) is 11.3. The molecule has 2 aromatic carbocycles. The zero-order chi connectivity index (χ0) is 30.4. The minimum atomic E-state index is -1.28. The van der Waals surface area contributed by atoms with E-state index in [9.17, 15) is 14.7 Å². The third-order valence-corrected chi connectivity index (χ3v) is 7.89. The zero-order valence-corrected chi connectivity index (χ0v) is 26.8. The van der Waals surface area contributed by atoms with Crippen LogP contribution in [0.25, 0.3) is 0 Å². The monoisotopic (exact) mass is 576 g/mol. The minimum Gasteiger partial charge on any atom is -0.508 e. The first kappa shape index (κ1) is 35.4. The summed E-state index contributed by atoms with van der Waals surface area (Å²) >= 11 is 0. The van der Waals surface area contributed by atoms with Crippen LogP contribution in [0.3, 0.4) is 0 Å². The number of hydrogen-bond donors (Lipinski definition) is 3. The predicted molar refractivity (Wildman–Crippen MR) is 163 cm³/mol.